The van der Waals surface area contributed by atoms with Gasteiger partial charge in [0.05, 0.1) is 5.69 Å². The van der Waals surface area contributed by atoms with Crippen molar-refractivity contribution in [3.8, 4) is 17.0 Å². The fourth-order valence-corrected chi connectivity index (χ4v) is 2.51. The van der Waals surface area contributed by atoms with Crippen LogP contribution in [0.25, 0.3) is 11.3 Å². The highest BCUT2D eigenvalue weighted by atomic mass is 35.5. The fourth-order valence-electron chi connectivity index (χ4n) is 2.46. The Hall–Kier alpha value is -1.87. The van der Waals surface area contributed by atoms with E-state index >= 15 is 0 Å². The Morgan fingerprint density at radius 3 is 2.40 bits per heavy atom. The number of halogens is 1. The van der Waals surface area contributed by atoms with Gasteiger partial charge in [0.25, 0.3) is 0 Å². The number of carbonyl (C=O) groups is 1. The summed E-state index contributed by atoms with van der Waals surface area (Å²) in [6.45, 7) is 5.98. The summed E-state index contributed by atoms with van der Waals surface area (Å²) in [4.78, 5) is 16.4. The average Bonchev–Trinajstić information content (AvgIpc) is 2.62. The Morgan fingerprint density at radius 2 is 1.84 bits per heavy atom. The minimum atomic E-state index is -0.637. The molecular formula is C21H26ClNO2. The lowest BCUT2D eigenvalue weighted by molar-refractivity contribution is -0.134. The van der Waals surface area contributed by atoms with Gasteiger partial charge in [0.1, 0.15) is 11.1 Å². The molecule has 25 heavy (non-hydrogen) atoms. The van der Waals surface area contributed by atoms with Crippen molar-refractivity contribution in [3.63, 3.8) is 0 Å². The van der Waals surface area contributed by atoms with Crippen LogP contribution in [0.4, 0.5) is 0 Å². The van der Waals surface area contributed by atoms with Gasteiger partial charge in [-0.1, -0.05) is 39.7 Å². The predicted molar refractivity (Wildman–Crippen MR) is 103 cm³/mol. The van der Waals surface area contributed by atoms with Crippen LogP contribution in [-0.4, -0.2) is 16.3 Å². The van der Waals surface area contributed by atoms with Crippen LogP contribution < -0.4 is 4.74 Å². The number of hydrogen-bond donors (Lipinski definition) is 0. The van der Waals surface area contributed by atoms with Crippen LogP contribution in [0.3, 0.4) is 0 Å². The quantitative estimate of drug-likeness (QED) is 0.264. The maximum atomic E-state index is 11.9. The molecule has 0 bridgehead atoms. The summed E-state index contributed by atoms with van der Waals surface area (Å²) in [5.41, 5.74) is 3.17. The first-order valence-electron chi connectivity index (χ1n) is 8.92. The van der Waals surface area contributed by atoms with E-state index in [9.17, 15) is 4.79 Å². The number of benzene rings is 1. The van der Waals surface area contributed by atoms with Gasteiger partial charge in [-0.25, -0.2) is 0 Å². The zero-order valence-corrected chi connectivity index (χ0v) is 15.9. The number of unbranched alkanes of at least 4 members (excludes halogenated alkanes) is 2. The Labute approximate surface area is 155 Å². The lowest BCUT2D eigenvalue weighted by Crippen LogP contribution is -2.25. The highest BCUT2D eigenvalue weighted by Gasteiger charge is 2.21. The Morgan fingerprint density at radius 1 is 1.12 bits per heavy atom. The standard InChI is InChI=1S/C21H26ClNO2/c1-4-5-6-7-16-8-13-19(23-14-16)17-9-11-18(12-10-17)25-21(24)20(22)15(2)3/h8-15,20H,4-7H2,1-3H3. The summed E-state index contributed by atoms with van der Waals surface area (Å²) in [7, 11) is 0. The predicted octanol–water partition coefficient (Wildman–Crippen LogP) is 5.65. The van der Waals surface area contributed by atoms with E-state index in [1.807, 2.05) is 38.2 Å². The van der Waals surface area contributed by atoms with Crippen LogP contribution >= 0.6 is 11.6 Å². The van der Waals surface area contributed by atoms with Crippen LogP contribution in [0.1, 0.15) is 45.6 Å². The van der Waals surface area contributed by atoms with Gasteiger partial charge < -0.3 is 4.74 Å². The van der Waals surface area contributed by atoms with Gasteiger partial charge in [0, 0.05) is 11.8 Å². The molecule has 0 aliphatic carbocycles. The minimum absolute atomic E-state index is 0.0356. The van der Waals surface area contributed by atoms with Gasteiger partial charge in [-0.2, -0.15) is 0 Å². The number of aromatic nitrogens is 1. The van der Waals surface area contributed by atoms with E-state index in [1.54, 1.807) is 12.1 Å². The van der Waals surface area contributed by atoms with E-state index in [1.165, 1.54) is 24.8 Å². The first-order valence-corrected chi connectivity index (χ1v) is 9.36. The van der Waals surface area contributed by atoms with Crippen molar-refractivity contribution in [2.45, 2.75) is 51.8 Å². The van der Waals surface area contributed by atoms with Gasteiger partial charge >= 0.3 is 5.97 Å². The second kappa shape index (κ2) is 9.57. The Bertz CT molecular complexity index is 665. The third-order valence-electron chi connectivity index (χ3n) is 4.07. The summed E-state index contributed by atoms with van der Waals surface area (Å²) >= 11 is 6.02. The number of carbonyl (C=O) groups excluding carboxylic acids is 1. The van der Waals surface area contributed by atoms with Gasteiger partial charge in [-0.05, 0) is 54.7 Å². The zero-order chi connectivity index (χ0) is 18.2. The zero-order valence-electron chi connectivity index (χ0n) is 15.2. The molecule has 2 rings (SSSR count). The van der Waals surface area contributed by atoms with E-state index in [2.05, 4.69) is 18.0 Å². The molecule has 2 aromatic rings. The van der Waals surface area contributed by atoms with Gasteiger partial charge in [0.2, 0.25) is 0 Å². The number of hydrogen-bond acceptors (Lipinski definition) is 3. The normalized spacial score (nSPS) is 12.2. The lowest BCUT2D eigenvalue weighted by Gasteiger charge is -2.12. The summed E-state index contributed by atoms with van der Waals surface area (Å²) in [6.07, 6.45) is 6.70. The molecule has 0 N–H and O–H groups in total. The average molecular weight is 360 g/mol. The van der Waals surface area contributed by atoms with Crippen molar-refractivity contribution >= 4 is 17.6 Å². The maximum absolute atomic E-state index is 11.9. The van der Waals surface area contributed by atoms with Gasteiger partial charge in [-0.15, -0.1) is 11.6 Å². The molecule has 0 radical (unpaired) electrons. The maximum Gasteiger partial charge on any atom is 0.329 e. The Kier molecular flexibility index (Phi) is 7.45. The number of pyridine rings is 1. The molecular weight excluding hydrogens is 334 g/mol. The number of rotatable bonds is 8. The van der Waals surface area contributed by atoms with Crippen molar-refractivity contribution in [2.75, 3.05) is 0 Å². The second-order valence-corrected chi connectivity index (χ2v) is 7.07. The smallest absolute Gasteiger partial charge is 0.329 e. The van der Waals surface area contributed by atoms with Crippen LogP contribution in [0.2, 0.25) is 0 Å². The first-order chi connectivity index (χ1) is 12.0. The number of aryl methyl sites for hydroxylation is 1. The lowest BCUT2D eigenvalue weighted by atomic mass is 10.1. The SMILES string of the molecule is CCCCCc1ccc(-c2ccc(OC(=O)C(Cl)C(C)C)cc2)nc1. The first kappa shape index (κ1) is 19.5. The van der Waals surface area contributed by atoms with Crippen LogP contribution in [0.15, 0.2) is 42.6 Å². The molecule has 0 aliphatic rings. The summed E-state index contributed by atoms with van der Waals surface area (Å²) in [6, 6.07) is 11.5. The molecule has 1 aromatic carbocycles. The van der Waals surface area contributed by atoms with Gasteiger partial charge in [0.15, 0.2) is 0 Å². The highest BCUT2D eigenvalue weighted by molar-refractivity contribution is 6.30. The number of nitrogens with zero attached hydrogens (tertiary/aromatic N) is 1. The summed E-state index contributed by atoms with van der Waals surface area (Å²) < 4.78 is 5.31. The number of esters is 1. The molecule has 1 unspecified atom stereocenters. The number of alkyl halides is 1. The van der Waals surface area contributed by atoms with Crippen molar-refractivity contribution < 1.29 is 9.53 Å². The molecule has 4 heteroatoms. The molecule has 0 fully saturated rings. The Balaban J connectivity index is 1.98. The topological polar surface area (TPSA) is 39.2 Å². The monoisotopic (exact) mass is 359 g/mol. The summed E-state index contributed by atoms with van der Waals surface area (Å²) in [5.74, 6) is 0.115. The van der Waals surface area contributed by atoms with E-state index < -0.39 is 11.3 Å². The van der Waals surface area contributed by atoms with Crippen LogP contribution in [-0.2, 0) is 11.2 Å². The van der Waals surface area contributed by atoms with Crippen molar-refractivity contribution in [1.82, 2.24) is 4.98 Å². The van der Waals surface area contributed by atoms with E-state index in [-0.39, 0.29) is 5.92 Å². The van der Waals surface area contributed by atoms with E-state index in [0.717, 1.165) is 17.7 Å². The van der Waals surface area contributed by atoms with Crippen molar-refractivity contribution in [1.29, 1.82) is 0 Å². The third-order valence-corrected chi connectivity index (χ3v) is 4.75. The molecule has 0 aliphatic heterocycles. The molecule has 134 valence electrons. The van der Waals surface area contributed by atoms with Crippen LogP contribution in [0, 0.1) is 5.92 Å². The molecule has 0 spiro atoms. The fraction of sp³-hybridized carbons (Fsp3) is 0.429. The van der Waals surface area contributed by atoms with Crippen LogP contribution in [0.5, 0.6) is 5.75 Å². The number of ether oxygens (including phenoxy) is 1. The third kappa shape index (κ3) is 5.86. The molecule has 1 aromatic heterocycles. The minimum Gasteiger partial charge on any atom is -0.425 e. The largest absolute Gasteiger partial charge is 0.425 e. The van der Waals surface area contributed by atoms with Crippen molar-refractivity contribution in [3.05, 3.63) is 48.2 Å². The van der Waals surface area contributed by atoms with E-state index in [0.29, 0.717) is 5.75 Å². The highest BCUT2D eigenvalue weighted by Crippen LogP contribution is 2.22. The second-order valence-electron chi connectivity index (χ2n) is 6.60. The molecule has 1 heterocycles. The molecule has 0 saturated heterocycles. The van der Waals surface area contributed by atoms with Gasteiger partial charge in [-0.3, -0.25) is 9.78 Å². The van der Waals surface area contributed by atoms with Crippen molar-refractivity contribution in [2.24, 2.45) is 5.92 Å². The molecule has 3 nitrogen and oxygen atoms in total. The molecule has 0 saturated carbocycles. The molecule has 1 atom stereocenters. The van der Waals surface area contributed by atoms with E-state index in [4.69, 9.17) is 16.3 Å². The molecule has 0 amide bonds. The summed E-state index contributed by atoms with van der Waals surface area (Å²) in [5, 5.41) is -0.637.